The van der Waals surface area contributed by atoms with Gasteiger partial charge in [-0.15, -0.1) is 0 Å². The number of alkyl halides is 3. The first-order valence-electron chi connectivity index (χ1n) is 9.82. The van der Waals surface area contributed by atoms with E-state index in [1.165, 1.54) is 0 Å². The van der Waals surface area contributed by atoms with E-state index < -0.39 is 36.0 Å². The van der Waals surface area contributed by atoms with Gasteiger partial charge in [0.25, 0.3) is 5.91 Å². The van der Waals surface area contributed by atoms with Crippen molar-refractivity contribution in [1.82, 2.24) is 4.98 Å². The first-order chi connectivity index (χ1) is 14.4. The molecular weight excluding hydrogens is 412 g/mol. The maximum Gasteiger partial charge on any atom is 0.494 e. The van der Waals surface area contributed by atoms with Gasteiger partial charge in [-0.3, -0.25) is 9.63 Å². The monoisotopic (exact) mass is 436 g/mol. The molecule has 1 fully saturated rings. The molecule has 0 bridgehead atoms. The van der Waals surface area contributed by atoms with Crippen LogP contribution in [0.4, 0.5) is 19.0 Å². The second-order valence-electron chi connectivity index (χ2n) is 8.13. The van der Waals surface area contributed by atoms with Crippen molar-refractivity contribution < 1.29 is 32.1 Å². The third-order valence-electron chi connectivity index (χ3n) is 5.41. The van der Waals surface area contributed by atoms with Gasteiger partial charge < -0.3 is 9.31 Å². The summed E-state index contributed by atoms with van der Waals surface area (Å²) in [6.07, 6.45) is -3.58. The third kappa shape index (κ3) is 4.76. The van der Waals surface area contributed by atoms with Gasteiger partial charge in [-0.1, -0.05) is 12.1 Å². The van der Waals surface area contributed by atoms with E-state index in [9.17, 15) is 18.0 Å². The number of carbonyl (C=O) groups excluding carboxylic acids is 1. The van der Waals surface area contributed by atoms with Crippen LogP contribution < -0.4 is 10.5 Å². The molecule has 0 radical (unpaired) electrons. The Bertz CT molecular complexity index is 932. The van der Waals surface area contributed by atoms with Crippen LogP contribution in [0.15, 0.2) is 42.6 Å². The number of pyridine rings is 1. The summed E-state index contributed by atoms with van der Waals surface area (Å²) >= 11 is 0. The highest BCUT2D eigenvalue weighted by molar-refractivity contribution is 6.62. The summed E-state index contributed by atoms with van der Waals surface area (Å²) in [6, 6.07) is 8.05. The molecule has 2 heterocycles. The van der Waals surface area contributed by atoms with Crippen LogP contribution in [-0.2, 0) is 20.3 Å². The van der Waals surface area contributed by atoms with E-state index in [2.05, 4.69) is 4.98 Å². The van der Waals surface area contributed by atoms with Gasteiger partial charge in [0.2, 0.25) is 0 Å². The lowest BCUT2D eigenvalue weighted by atomic mass is 9.79. The molecule has 166 valence electrons. The van der Waals surface area contributed by atoms with Crippen LogP contribution in [0.1, 0.15) is 50.5 Å². The summed E-state index contributed by atoms with van der Waals surface area (Å²) in [7, 11) is -0.595. The Hall–Kier alpha value is -2.43. The number of amides is 1. The Morgan fingerprint density at radius 3 is 2.19 bits per heavy atom. The van der Waals surface area contributed by atoms with Crippen molar-refractivity contribution in [2.24, 2.45) is 0 Å². The fourth-order valence-electron chi connectivity index (χ4n) is 2.94. The highest BCUT2D eigenvalue weighted by Gasteiger charge is 2.51. The van der Waals surface area contributed by atoms with Gasteiger partial charge in [0.15, 0.2) is 5.82 Å². The van der Waals surface area contributed by atoms with E-state index in [4.69, 9.17) is 14.1 Å². The van der Waals surface area contributed by atoms with Gasteiger partial charge >= 0.3 is 13.3 Å². The number of rotatable bonds is 5. The van der Waals surface area contributed by atoms with Crippen molar-refractivity contribution in [2.75, 3.05) is 11.7 Å². The average Bonchev–Trinajstić information content (AvgIpc) is 2.92. The molecule has 1 aliphatic rings. The molecule has 1 saturated heterocycles. The van der Waals surface area contributed by atoms with E-state index in [-0.39, 0.29) is 18.0 Å². The number of hydrogen-bond acceptors (Lipinski definition) is 5. The van der Waals surface area contributed by atoms with Gasteiger partial charge in [0.1, 0.15) is 0 Å². The van der Waals surface area contributed by atoms with E-state index in [0.717, 1.165) is 28.9 Å². The highest BCUT2D eigenvalue weighted by Crippen LogP contribution is 2.36. The number of benzene rings is 1. The Balaban J connectivity index is 1.84. The quantitative estimate of drug-likeness (QED) is 0.524. The number of hydroxylamine groups is 1. The van der Waals surface area contributed by atoms with Crippen LogP contribution in [0.5, 0.6) is 0 Å². The smallest absolute Gasteiger partial charge is 0.399 e. The molecule has 2 aromatic rings. The van der Waals surface area contributed by atoms with E-state index in [1.54, 1.807) is 31.2 Å². The second-order valence-corrected chi connectivity index (χ2v) is 8.13. The van der Waals surface area contributed by atoms with Crippen molar-refractivity contribution >= 4 is 24.3 Å². The summed E-state index contributed by atoms with van der Waals surface area (Å²) in [5, 5.41) is 0.763. The Morgan fingerprint density at radius 1 is 1.10 bits per heavy atom. The van der Waals surface area contributed by atoms with E-state index in [0.29, 0.717) is 0 Å². The van der Waals surface area contributed by atoms with Crippen molar-refractivity contribution in [2.45, 2.75) is 52.0 Å². The van der Waals surface area contributed by atoms with Gasteiger partial charge in [-0.25, -0.2) is 4.98 Å². The van der Waals surface area contributed by atoms with Gasteiger partial charge in [0, 0.05) is 11.8 Å². The first kappa shape index (κ1) is 23.2. The number of aromatic nitrogens is 1. The normalized spacial score (nSPS) is 17.6. The lowest BCUT2D eigenvalue weighted by Crippen LogP contribution is -2.41. The summed E-state index contributed by atoms with van der Waals surface area (Å²) in [6.45, 7) is 9.44. The van der Waals surface area contributed by atoms with Crippen LogP contribution in [0.3, 0.4) is 0 Å². The number of halogens is 3. The third-order valence-corrected chi connectivity index (χ3v) is 5.41. The topological polar surface area (TPSA) is 60.9 Å². The second kappa shape index (κ2) is 8.25. The molecule has 1 aliphatic heterocycles. The molecule has 3 rings (SSSR count). The predicted molar refractivity (Wildman–Crippen MR) is 110 cm³/mol. The molecule has 0 atom stereocenters. The molecule has 1 aromatic heterocycles. The average molecular weight is 436 g/mol. The largest absolute Gasteiger partial charge is 0.494 e. The number of nitrogens with zero attached hydrogens (tertiary/aromatic N) is 2. The van der Waals surface area contributed by atoms with Crippen LogP contribution in [0, 0.1) is 0 Å². The van der Waals surface area contributed by atoms with Gasteiger partial charge in [-0.2, -0.15) is 18.2 Å². The SMILES string of the molecule is CCON(C(=O)c1ccc(B2OC(C)(C)C(C)(C)O2)cc1)c1cc(C(F)(F)F)ccn1. The Morgan fingerprint density at radius 2 is 1.68 bits per heavy atom. The van der Waals surface area contributed by atoms with E-state index in [1.807, 2.05) is 27.7 Å². The molecule has 0 aliphatic carbocycles. The molecule has 6 nitrogen and oxygen atoms in total. The minimum Gasteiger partial charge on any atom is -0.399 e. The summed E-state index contributed by atoms with van der Waals surface area (Å²) in [4.78, 5) is 22.1. The van der Waals surface area contributed by atoms with E-state index >= 15 is 0 Å². The highest BCUT2D eigenvalue weighted by atomic mass is 19.4. The Kier molecular flexibility index (Phi) is 6.19. The maximum atomic E-state index is 13.0. The molecule has 0 N–H and O–H groups in total. The zero-order valence-electron chi connectivity index (χ0n) is 18.0. The van der Waals surface area contributed by atoms with Crippen LogP contribution in [-0.4, -0.2) is 35.8 Å². The van der Waals surface area contributed by atoms with Crippen LogP contribution in [0.2, 0.25) is 0 Å². The maximum absolute atomic E-state index is 13.0. The number of carbonyl (C=O) groups is 1. The lowest BCUT2D eigenvalue weighted by Gasteiger charge is -2.32. The van der Waals surface area contributed by atoms with Crippen molar-refractivity contribution in [3.8, 4) is 0 Å². The lowest BCUT2D eigenvalue weighted by molar-refractivity contribution is -0.137. The van der Waals surface area contributed by atoms with Crippen LogP contribution >= 0.6 is 0 Å². The summed E-state index contributed by atoms with van der Waals surface area (Å²) in [5.74, 6) is -0.897. The van der Waals surface area contributed by atoms with Crippen LogP contribution in [0.25, 0.3) is 0 Å². The standard InChI is InChI=1S/C21H24BF3N2O4/c1-6-29-27(17-13-15(11-12-26-17)21(23,24)25)18(28)14-7-9-16(10-8-14)22-30-19(2,3)20(4,5)31-22/h7-13H,6H2,1-5H3. The van der Waals surface area contributed by atoms with Gasteiger partial charge in [-0.05, 0) is 64.3 Å². The molecule has 1 aromatic carbocycles. The molecule has 0 unspecified atom stereocenters. The fourth-order valence-corrected chi connectivity index (χ4v) is 2.94. The predicted octanol–water partition coefficient (Wildman–Crippen LogP) is 4.00. The molecule has 0 spiro atoms. The fraction of sp³-hybridized carbons (Fsp3) is 0.429. The van der Waals surface area contributed by atoms with Crippen molar-refractivity contribution in [3.05, 3.63) is 53.7 Å². The Labute approximate surface area is 179 Å². The summed E-state index contributed by atoms with van der Waals surface area (Å²) in [5.41, 5.74) is -1.01. The zero-order chi connectivity index (χ0) is 23.0. The number of anilines is 1. The minimum absolute atomic E-state index is 0.0651. The molecular formula is C21H24BF3N2O4. The zero-order valence-corrected chi connectivity index (χ0v) is 18.0. The minimum atomic E-state index is -4.57. The molecule has 1 amide bonds. The molecule has 0 saturated carbocycles. The first-order valence-corrected chi connectivity index (χ1v) is 9.82. The van der Waals surface area contributed by atoms with Crippen molar-refractivity contribution in [3.63, 3.8) is 0 Å². The van der Waals surface area contributed by atoms with Gasteiger partial charge in [0.05, 0.1) is 23.4 Å². The number of hydrogen-bond donors (Lipinski definition) is 0. The summed E-state index contributed by atoms with van der Waals surface area (Å²) < 4.78 is 51.1. The molecule has 10 heteroatoms. The van der Waals surface area contributed by atoms with Crippen molar-refractivity contribution in [1.29, 1.82) is 0 Å². The molecule has 31 heavy (non-hydrogen) atoms.